The molecule has 0 fully saturated rings. The van der Waals surface area contributed by atoms with Gasteiger partial charge in [-0.3, -0.25) is 4.79 Å². The summed E-state index contributed by atoms with van der Waals surface area (Å²) in [5.74, 6) is -2.66. The van der Waals surface area contributed by atoms with Gasteiger partial charge >= 0.3 is 0 Å². The monoisotopic (exact) mass is 275 g/mol. The van der Waals surface area contributed by atoms with E-state index in [0.29, 0.717) is 6.54 Å². The summed E-state index contributed by atoms with van der Waals surface area (Å²) >= 11 is 0. The zero-order valence-electron chi connectivity index (χ0n) is 11.4. The Balaban J connectivity index is 2.19. The van der Waals surface area contributed by atoms with Crippen molar-refractivity contribution in [1.82, 2.24) is 4.90 Å². The van der Waals surface area contributed by atoms with Gasteiger partial charge in [0.1, 0.15) is 0 Å². The number of carbonyl (C=O) groups excluding carboxylic acids is 1. The van der Waals surface area contributed by atoms with E-state index in [1.54, 1.807) is 7.05 Å². The molecule has 20 heavy (non-hydrogen) atoms. The molecular formula is C16H15F2NO. The highest BCUT2D eigenvalue weighted by molar-refractivity contribution is 5.94. The number of benzene rings is 2. The third-order valence-electron chi connectivity index (χ3n) is 3.03. The number of rotatable bonds is 3. The van der Waals surface area contributed by atoms with Crippen LogP contribution in [0.5, 0.6) is 0 Å². The highest BCUT2D eigenvalue weighted by atomic mass is 19.2. The molecule has 1 amide bonds. The maximum Gasteiger partial charge on any atom is 0.256 e. The fourth-order valence-corrected chi connectivity index (χ4v) is 2.03. The summed E-state index contributed by atoms with van der Waals surface area (Å²) in [7, 11) is 1.56. The van der Waals surface area contributed by atoms with Crippen molar-refractivity contribution < 1.29 is 13.6 Å². The topological polar surface area (TPSA) is 20.3 Å². The zero-order valence-corrected chi connectivity index (χ0v) is 11.4. The molecule has 0 bridgehead atoms. The van der Waals surface area contributed by atoms with Gasteiger partial charge in [0.05, 0.1) is 5.56 Å². The van der Waals surface area contributed by atoms with Crippen molar-refractivity contribution in [1.29, 1.82) is 0 Å². The standard InChI is InChI=1S/C16H15F2NO/c1-11-5-3-6-12(9-11)10-19(2)16(20)13-7-4-8-14(17)15(13)18/h3-9H,10H2,1-2H3. The highest BCUT2D eigenvalue weighted by Gasteiger charge is 2.18. The average molecular weight is 275 g/mol. The van der Waals surface area contributed by atoms with Crippen molar-refractivity contribution in [2.24, 2.45) is 0 Å². The van der Waals surface area contributed by atoms with E-state index >= 15 is 0 Å². The second kappa shape index (κ2) is 5.82. The van der Waals surface area contributed by atoms with Crippen molar-refractivity contribution in [3.63, 3.8) is 0 Å². The Morgan fingerprint density at radius 3 is 2.55 bits per heavy atom. The zero-order chi connectivity index (χ0) is 14.7. The molecule has 0 aliphatic rings. The second-order valence-electron chi connectivity index (χ2n) is 4.75. The quantitative estimate of drug-likeness (QED) is 0.839. The molecule has 0 aliphatic heterocycles. The Morgan fingerprint density at radius 2 is 1.85 bits per heavy atom. The average Bonchev–Trinajstić information content (AvgIpc) is 2.41. The summed E-state index contributed by atoms with van der Waals surface area (Å²) in [6, 6.07) is 11.3. The lowest BCUT2D eigenvalue weighted by Gasteiger charge is -2.18. The molecule has 0 unspecified atom stereocenters. The number of hydrogen-bond acceptors (Lipinski definition) is 1. The maximum atomic E-state index is 13.6. The number of amides is 1. The predicted octanol–water partition coefficient (Wildman–Crippen LogP) is 3.55. The van der Waals surface area contributed by atoms with Crippen molar-refractivity contribution in [2.45, 2.75) is 13.5 Å². The normalized spacial score (nSPS) is 10.4. The van der Waals surface area contributed by atoms with Gasteiger partial charge in [-0.05, 0) is 24.6 Å². The summed E-state index contributed by atoms with van der Waals surface area (Å²) in [6.45, 7) is 2.30. The Labute approximate surface area is 116 Å². The van der Waals surface area contributed by atoms with Crippen LogP contribution in [-0.4, -0.2) is 17.9 Å². The number of nitrogens with zero attached hydrogens (tertiary/aromatic N) is 1. The molecule has 0 aliphatic carbocycles. The van der Waals surface area contributed by atoms with E-state index in [0.717, 1.165) is 17.2 Å². The van der Waals surface area contributed by atoms with E-state index in [4.69, 9.17) is 0 Å². The number of aryl methyl sites for hydroxylation is 1. The van der Waals surface area contributed by atoms with Crippen LogP contribution in [0.3, 0.4) is 0 Å². The predicted molar refractivity (Wildman–Crippen MR) is 73.3 cm³/mol. The van der Waals surface area contributed by atoms with Crippen LogP contribution in [0.1, 0.15) is 21.5 Å². The molecule has 2 nitrogen and oxygen atoms in total. The Morgan fingerprint density at radius 1 is 1.15 bits per heavy atom. The Hall–Kier alpha value is -2.23. The first kappa shape index (κ1) is 14.2. The van der Waals surface area contributed by atoms with Crippen LogP contribution < -0.4 is 0 Å². The van der Waals surface area contributed by atoms with Gasteiger partial charge in [-0.1, -0.05) is 35.9 Å². The van der Waals surface area contributed by atoms with Crippen LogP contribution in [-0.2, 0) is 6.54 Å². The van der Waals surface area contributed by atoms with Crippen molar-refractivity contribution in [3.05, 3.63) is 70.8 Å². The molecule has 0 spiro atoms. The minimum Gasteiger partial charge on any atom is -0.337 e. The second-order valence-corrected chi connectivity index (χ2v) is 4.75. The fourth-order valence-electron chi connectivity index (χ4n) is 2.03. The van der Waals surface area contributed by atoms with Crippen LogP contribution in [0, 0.1) is 18.6 Å². The van der Waals surface area contributed by atoms with Gasteiger partial charge in [0.25, 0.3) is 5.91 Å². The maximum absolute atomic E-state index is 13.6. The molecule has 0 saturated carbocycles. The van der Waals surface area contributed by atoms with Gasteiger partial charge in [-0.15, -0.1) is 0 Å². The molecule has 0 aromatic heterocycles. The van der Waals surface area contributed by atoms with Crippen molar-refractivity contribution in [2.75, 3.05) is 7.05 Å². The van der Waals surface area contributed by atoms with E-state index in [-0.39, 0.29) is 5.56 Å². The summed E-state index contributed by atoms with van der Waals surface area (Å²) in [5.41, 5.74) is 1.78. The molecule has 2 aromatic carbocycles. The highest BCUT2D eigenvalue weighted by Crippen LogP contribution is 2.15. The summed E-state index contributed by atoms with van der Waals surface area (Å²) in [5, 5.41) is 0. The minimum atomic E-state index is -1.10. The molecule has 0 saturated heterocycles. The van der Waals surface area contributed by atoms with Crippen LogP contribution in [0.25, 0.3) is 0 Å². The fraction of sp³-hybridized carbons (Fsp3) is 0.188. The third-order valence-corrected chi connectivity index (χ3v) is 3.03. The van der Waals surface area contributed by atoms with Gasteiger partial charge in [0, 0.05) is 13.6 Å². The molecule has 2 aromatic rings. The minimum absolute atomic E-state index is 0.250. The molecule has 0 heterocycles. The molecule has 0 N–H and O–H groups in total. The van der Waals surface area contributed by atoms with E-state index < -0.39 is 17.5 Å². The van der Waals surface area contributed by atoms with Crippen molar-refractivity contribution in [3.8, 4) is 0 Å². The van der Waals surface area contributed by atoms with Crippen LogP contribution >= 0.6 is 0 Å². The molecule has 0 atom stereocenters. The lowest BCUT2D eigenvalue weighted by Crippen LogP contribution is -2.27. The van der Waals surface area contributed by atoms with E-state index in [9.17, 15) is 13.6 Å². The van der Waals surface area contributed by atoms with Gasteiger partial charge in [-0.2, -0.15) is 0 Å². The third kappa shape index (κ3) is 3.02. The first-order chi connectivity index (χ1) is 9.49. The molecule has 104 valence electrons. The molecule has 2 rings (SSSR count). The van der Waals surface area contributed by atoms with Gasteiger partial charge in [0.15, 0.2) is 11.6 Å². The van der Waals surface area contributed by atoms with Gasteiger partial charge in [-0.25, -0.2) is 8.78 Å². The van der Waals surface area contributed by atoms with Gasteiger partial charge in [0.2, 0.25) is 0 Å². The smallest absolute Gasteiger partial charge is 0.256 e. The first-order valence-corrected chi connectivity index (χ1v) is 6.24. The summed E-state index contributed by atoms with van der Waals surface area (Å²) in [4.78, 5) is 13.5. The molecule has 4 heteroatoms. The van der Waals surface area contributed by atoms with Crippen LogP contribution in [0.2, 0.25) is 0 Å². The van der Waals surface area contributed by atoms with E-state index in [1.165, 1.54) is 17.0 Å². The van der Waals surface area contributed by atoms with Gasteiger partial charge < -0.3 is 4.90 Å². The number of carbonyl (C=O) groups is 1. The first-order valence-electron chi connectivity index (χ1n) is 6.24. The van der Waals surface area contributed by atoms with Crippen LogP contribution in [0.4, 0.5) is 8.78 Å². The van der Waals surface area contributed by atoms with Crippen molar-refractivity contribution >= 4 is 5.91 Å². The van der Waals surface area contributed by atoms with E-state index in [1.807, 2.05) is 31.2 Å². The Bertz CT molecular complexity index is 640. The lowest BCUT2D eigenvalue weighted by atomic mass is 10.1. The number of hydrogen-bond donors (Lipinski definition) is 0. The summed E-state index contributed by atoms with van der Waals surface area (Å²) < 4.78 is 26.7. The lowest BCUT2D eigenvalue weighted by molar-refractivity contribution is 0.0779. The van der Waals surface area contributed by atoms with E-state index in [2.05, 4.69) is 0 Å². The summed E-state index contributed by atoms with van der Waals surface area (Å²) in [6.07, 6.45) is 0. The number of halogens is 2. The largest absolute Gasteiger partial charge is 0.337 e. The molecule has 0 radical (unpaired) electrons. The SMILES string of the molecule is Cc1cccc(CN(C)C(=O)c2cccc(F)c2F)c1. The Kier molecular flexibility index (Phi) is 4.13. The molecular weight excluding hydrogens is 260 g/mol. The van der Waals surface area contributed by atoms with Crippen LogP contribution in [0.15, 0.2) is 42.5 Å².